The predicted octanol–water partition coefficient (Wildman–Crippen LogP) is 2.01. The van der Waals surface area contributed by atoms with Crippen LogP contribution in [0, 0.1) is 12.8 Å². The molecule has 19 heavy (non-hydrogen) atoms. The lowest BCUT2D eigenvalue weighted by Crippen LogP contribution is -2.43. The number of sulfonamides is 1. The van der Waals surface area contributed by atoms with Crippen molar-refractivity contribution >= 4 is 26.0 Å². The number of aryl methyl sites for hydroxylation is 2. The number of imidazole rings is 1. The van der Waals surface area contributed by atoms with Crippen molar-refractivity contribution < 1.29 is 8.42 Å². The van der Waals surface area contributed by atoms with Crippen LogP contribution >= 0.6 is 15.9 Å². The molecule has 1 aliphatic heterocycles. The summed E-state index contributed by atoms with van der Waals surface area (Å²) in [4.78, 5) is 4.40. The summed E-state index contributed by atoms with van der Waals surface area (Å²) in [5.74, 6) is 1.24. The van der Waals surface area contributed by atoms with Gasteiger partial charge in [0.05, 0.1) is 0 Å². The van der Waals surface area contributed by atoms with E-state index in [2.05, 4.69) is 27.8 Å². The lowest BCUT2D eigenvalue weighted by Gasteiger charge is -2.32. The van der Waals surface area contributed by atoms with Crippen molar-refractivity contribution in [2.45, 2.75) is 43.6 Å². The molecule has 108 valence electrons. The summed E-state index contributed by atoms with van der Waals surface area (Å²) in [5, 5.41) is 0.168. The fraction of sp³-hybridized carbons (Fsp3) is 0.750. The molecule has 1 aromatic heterocycles. The maximum atomic E-state index is 12.6. The predicted molar refractivity (Wildman–Crippen MR) is 77.9 cm³/mol. The Morgan fingerprint density at radius 1 is 1.53 bits per heavy atom. The van der Waals surface area contributed by atoms with E-state index in [4.69, 9.17) is 0 Å². The zero-order valence-electron chi connectivity index (χ0n) is 11.5. The highest BCUT2D eigenvalue weighted by Gasteiger charge is 2.34. The van der Waals surface area contributed by atoms with E-state index in [-0.39, 0.29) is 9.85 Å². The molecule has 0 saturated carbocycles. The molecule has 7 heteroatoms. The first kappa shape index (κ1) is 15.0. The molecule has 2 rings (SSSR count). The third-order valence-corrected chi connectivity index (χ3v) is 6.66. The Balaban J connectivity index is 2.27. The molecule has 1 aliphatic rings. The number of piperidine rings is 1. The Kier molecular flexibility index (Phi) is 4.37. The largest absolute Gasteiger partial charge is 0.334 e. The molecule has 2 atom stereocenters. The van der Waals surface area contributed by atoms with Gasteiger partial charge in [0, 0.05) is 30.7 Å². The van der Waals surface area contributed by atoms with Crippen LogP contribution < -0.4 is 0 Å². The quantitative estimate of drug-likeness (QED) is 0.784. The van der Waals surface area contributed by atoms with E-state index in [1.807, 2.05) is 18.4 Å². The van der Waals surface area contributed by atoms with E-state index < -0.39 is 10.0 Å². The Morgan fingerprint density at radius 2 is 2.21 bits per heavy atom. The van der Waals surface area contributed by atoms with Crippen molar-refractivity contribution in [3.8, 4) is 0 Å². The second-order valence-corrected chi connectivity index (χ2v) is 8.12. The van der Waals surface area contributed by atoms with Crippen LogP contribution in [0.15, 0.2) is 11.2 Å². The van der Waals surface area contributed by atoms with Crippen molar-refractivity contribution in [2.24, 2.45) is 5.92 Å². The highest BCUT2D eigenvalue weighted by atomic mass is 79.9. The minimum atomic E-state index is -3.46. The normalized spacial score (nSPS) is 25.7. The number of rotatable bonds is 3. The molecule has 2 heterocycles. The number of halogens is 1. The highest BCUT2D eigenvalue weighted by Crippen LogP contribution is 2.27. The summed E-state index contributed by atoms with van der Waals surface area (Å²) in [5.41, 5.74) is 0. The van der Waals surface area contributed by atoms with Gasteiger partial charge >= 0.3 is 0 Å². The van der Waals surface area contributed by atoms with Gasteiger partial charge in [-0.15, -0.1) is 0 Å². The molecule has 0 amide bonds. The maximum absolute atomic E-state index is 12.6. The minimum Gasteiger partial charge on any atom is -0.334 e. The molecule has 0 N–H and O–H groups in total. The van der Waals surface area contributed by atoms with Crippen LogP contribution in [0.3, 0.4) is 0 Å². The summed E-state index contributed by atoms with van der Waals surface area (Å²) in [6.45, 7) is 7.76. The Bertz CT molecular complexity index is 555. The number of alkyl halides is 1. The fourth-order valence-electron chi connectivity index (χ4n) is 2.27. The molecule has 2 unspecified atom stereocenters. The van der Waals surface area contributed by atoms with Gasteiger partial charge in [0.15, 0.2) is 5.03 Å². The van der Waals surface area contributed by atoms with E-state index in [9.17, 15) is 8.42 Å². The molecule has 0 bridgehead atoms. The van der Waals surface area contributed by atoms with Gasteiger partial charge in [0.2, 0.25) is 0 Å². The molecule has 1 aromatic rings. The van der Waals surface area contributed by atoms with Gasteiger partial charge in [0.1, 0.15) is 5.82 Å². The highest BCUT2D eigenvalue weighted by molar-refractivity contribution is 9.09. The summed E-state index contributed by atoms with van der Waals surface area (Å²) < 4.78 is 28.5. The second-order valence-electron chi connectivity index (χ2n) is 5.06. The van der Waals surface area contributed by atoms with Crippen LogP contribution in [0.1, 0.15) is 26.1 Å². The molecule has 0 aromatic carbocycles. The Morgan fingerprint density at radius 3 is 2.74 bits per heavy atom. The van der Waals surface area contributed by atoms with Gasteiger partial charge in [-0.1, -0.05) is 22.9 Å². The van der Waals surface area contributed by atoms with Crippen LogP contribution in [0.2, 0.25) is 0 Å². The van der Waals surface area contributed by atoms with Crippen molar-refractivity contribution in [3.63, 3.8) is 0 Å². The van der Waals surface area contributed by atoms with Gasteiger partial charge in [-0.2, -0.15) is 4.31 Å². The number of aromatic nitrogens is 2. The molecule has 1 saturated heterocycles. The SMILES string of the molecule is CCn1cc(S(=O)(=O)N2CCC(C)C(Br)C2)nc1C. The molecule has 0 radical (unpaired) electrons. The average Bonchev–Trinajstić information content (AvgIpc) is 2.74. The maximum Gasteiger partial charge on any atom is 0.262 e. The first-order chi connectivity index (χ1) is 8.86. The number of nitrogens with zero attached hydrogens (tertiary/aromatic N) is 3. The topological polar surface area (TPSA) is 55.2 Å². The van der Waals surface area contributed by atoms with Gasteiger partial charge < -0.3 is 4.57 Å². The third kappa shape index (κ3) is 2.87. The van der Waals surface area contributed by atoms with E-state index in [0.29, 0.717) is 19.0 Å². The third-order valence-electron chi connectivity index (χ3n) is 3.73. The zero-order valence-corrected chi connectivity index (χ0v) is 13.9. The van der Waals surface area contributed by atoms with E-state index in [1.54, 1.807) is 6.20 Å². The number of hydrogen-bond donors (Lipinski definition) is 0. The van der Waals surface area contributed by atoms with Crippen LogP contribution in [0.5, 0.6) is 0 Å². The van der Waals surface area contributed by atoms with Crippen molar-refractivity contribution in [3.05, 3.63) is 12.0 Å². The summed E-state index contributed by atoms with van der Waals surface area (Å²) in [6.07, 6.45) is 2.51. The van der Waals surface area contributed by atoms with Crippen LogP contribution in [0.25, 0.3) is 0 Å². The van der Waals surface area contributed by atoms with Gasteiger partial charge in [-0.3, -0.25) is 0 Å². The van der Waals surface area contributed by atoms with E-state index >= 15 is 0 Å². The first-order valence-corrected chi connectivity index (χ1v) is 8.89. The summed E-state index contributed by atoms with van der Waals surface area (Å²) in [6, 6.07) is 0. The molecular formula is C12H20BrN3O2S. The number of hydrogen-bond acceptors (Lipinski definition) is 3. The van der Waals surface area contributed by atoms with Gasteiger partial charge in [-0.25, -0.2) is 13.4 Å². The monoisotopic (exact) mass is 349 g/mol. The van der Waals surface area contributed by atoms with Crippen LogP contribution in [-0.4, -0.2) is 40.2 Å². The lowest BCUT2D eigenvalue weighted by atomic mass is 10.0. The second kappa shape index (κ2) is 5.54. The molecule has 1 fully saturated rings. The van der Waals surface area contributed by atoms with Gasteiger partial charge in [0.25, 0.3) is 10.0 Å². The molecular weight excluding hydrogens is 330 g/mol. The molecule has 5 nitrogen and oxygen atoms in total. The minimum absolute atomic E-state index is 0.168. The first-order valence-electron chi connectivity index (χ1n) is 6.54. The standard InChI is InChI=1S/C12H20BrN3O2S/c1-4-15-8-12(14-10(15)3)19(17,18)16-6-5-9(2)11(13)7-16/h8-9,11H,4-7H2,1-3H3. The van der Waals surface area contributed by atoms with E-state index in [1.165, 1.54) is 4.31 Å². The van der Waals surface area contributed by atoms with E-state index in [0.717, 1.165) is 18.8 Å². The zero-order chi connectivity index (χ0) is 14.2. The lowest BCUT2D eigenvalue weighted by molar-refractivity contribution is 0.299. The smallest absolute Gasteiger partial charge is 0.262 e. The molecule has 0 spiro atoms. The van der Waals surface area contributed by atoms with Crippen molar-refractivity contribution in [1.29, 1.82) is 0 Å². The van der Waals surface area contributed by atoms with Crippen molar-refractivity contribution in [2.75, 3.05) is 13.1 Å². The summed E-state index contributed by atoms with van der Waals surface area (Å²) in [7, 11) is -3.46. The van der Waals surface area contributed by atoms with Crippen molar-refractivity contribution in [1.82, 2.24) is 13.9 Å². The Labute approximate surface area is 123 Å². The van der Waals surface area contributed by atoms with Crippen LogP contribution in [0.4, 0.5) is 0 Å². The van der Waals surface area contributed by atoms with Gasteiger partial charge in [-0.05, 0) is 26.2 Å². The summed E-state index contributed by atoms with van der Waals surface area (Å²) >= 11 is 3.56. The fourth-order valence-corrected chi connectivity index (χ4v) is 4.55. The molecule has 0 aliphatic carbocycles. The Hall–Kier alpha value is -0.400. The van der Waals surface area contributed by atoms with Crippen LogP contribution in [-0.2, 0) is 16.6 Å². The average molecular weight is 350 g/mol.